The van der Waals surface area contributed by atoms with E-state index in [0.717, 1.165) is 28.9 Å². The maximum absolute atomic E-state index is 13.0. The summed E-state index contributed by atoms with van der Waals surface area (Å²) in [6.07, 6.45) is 0.0906. The number of benzene rings is 2. The summed E-state index contributed by atoms with van der Waals surface area (Å²) in [4.78, 5) is 13.9. The Bertz CT molecular complexity index is 910. The van der Waals surface area contributed by atoms with Crippen LogP contribution in [0.4, 0.5) is 10.1 Å². The van der Waals surface area contributed by atoms with E-state index in [1.54, 1.807) is 4.90 Å². The average molecular weight is 362 g/mol. The monoisotopic (exact) mass is 362 g/mol. The number of nitrogens with one attached hydrogen (secondary N) is 1. The maximum atomic E-state index is 13.0. The van der Waals surface area contributed by atoms with Crippen LogP contribution in [-0.4, -0.2) is 26.9 Å². The smallest absolute Gasteiger partial charge is 0.240 e. The van der Waals surface area contributed by atoms with Crippen LogP contribution in [0.25, 0.3) is 0 Å². The van der Waals surface area contributed by atoms with Gasteiger partial charge in [0.1, 0.15) is 5.82 Å². The summed E-state index contributed by atoms with van der Waals surface area (Å²) in [5.41, 5.74) is 2.96. The van der Waals surface area contributed by atoms with Crippen molar-refractivity contribution in [2.24, 2.45) is 0 Å². The highest BCUT2D eigenvalue weighted by molar-refractivity contribution is 7.89. The first-order chi connectivity index (χ1) is 11.8. The highest BCUT2D eigenvalue weighted by atomic mass is 32.2. The zero-order chi connectivity index (χ0) is 18.2. The van der Waals surface area contributed by atoms with Gasteiger partial charge in [0.2, 0.25) is 15.9 Å². The second-order valence-corrected chi connectivity index (χ2v) is 7.96. The Morgan fingerprint density at radius 1 is 1.08 bits per heavy atom. The number of carbonyl (C=O) groups excluding carboxylic acids is 1. The maximum Gasteiger partial charge on any atom is 0.240 e. The van der Waals surface area contributed by atoms with Gasteiger partial charge in [-0.15, -0.1) is 0 Å². The highest BCUT2D eigenvalue weighted by Crippen LogP contribution is 2.25. The number of amides is 1. The quantitative estimate of drug-likeness (QED) is 0.909. The summed E-state index contributed by atoms with van der Waals surface area (Å²) < 4.78 is 40.3. The molecule has 1 heterocycles. The van der Waals surface area contributed by atoms with Crippen LogP contribution < -0.4 is 9.62 Å². The molecular formula is C18H19FN2O3S. The van der Waals surface area contributed by atoms with E-state index in [1.165, 1.54) is 12.1 Å². The minimum Gasteiger partial charge on any atom is -0.311 e. The minimum absolute atomic E-state index is 0.0222. The molecule has 5 nitrogen and oxygen atoms in total. The van der Waals surface area contributed by atoms with Crippen molar-refractivity contribution in [2.45, 2.75) is 31.2 Å². The Kier molecular flexibility index (Phi) is 4.62. The van der Waals surface area contributed by atoms with Gasteiger partial charge in [-0.1, -0.05) is 6.07 Å². The van der Waals surface area contributed by atoms with Crippen molar-refractivity contribution in [1.82, 2.24) is 4.72 Å². The number of anilines is 1. The van der Waals surface area contributed by atoms with Crippen LogP contribution in [0.5, 0.6) is 0 Å². The van der Waals surface area contributed by atoms with Crippen molar-refractivity contribution in [3.8, 4) is 0 Å². The second-order valence-electron chi connectivity index (χ2n) is 6.25. The van der Waals surface area contributed by atoms with Crippen molar-refractivity contribution in [1.29, 1.82) is 0 Å². The summed E-state index contributed by atoms with van der Waals surface area (Å²) in [6.45, 7) is 4.22. The minimum atomic E-state index is -3.80. The molecule has 1 unspecified atom stereocenters. The molecule has 1 aliphatic heterocycles. The second kappa shape index (κ2) is 6.57. The molecule has 0 radical (unpaired) electrons. The molecule has 25 heavy (non-hydrogen) atoms. The van der Waals surface area contributed by atoms with Crippen LogP contribution in [0.2, 0.25) is 0 Å². The van der Waals surface area contributed by atoms with Gasteiger partial charge in [0.15, 0.2) is 0 Å². The first kappa shape index (κ1) is 17.6. The summed E-state index contributed by atoms with van der Waals surface area (Å²) in [6, 6.07) is 9.79. The molecule has 3 rings (SSSR count). The van der Waals surface area contributed by atoms with Crippen LogP contribution in [0.15, 0.2) is 47.4 Å². The van der Waals surface area contributed by atoms with E-state index in [1.807, 2.05) is 32.0 Å². The van der Waals surface area contributed by atoms with Gasteiger partial charge in [-0.3, -0.25) is 4.79 Å². The molecule has 1 fully saturated rings. The van der Waals surface area contributed by atoms with Crippen molar-refractivity contribution >= 4 is 21.6 Å². The van der Waals surface area contributed by atoms with Gasteiger partial charge in [-0.2, -0.15) is 0 Å². The number of rotatable bonds is 4. The molecule has 1 atom stereocenters. The fraction of sp³-hybridized carbons (Fsp3) is 0.278. The topological polar surface area (TPSA) is 66.5 Å². The van der Waals surface area contributed by atoms with Crippen LogP contribution in [0.3, 0.4) is 0 Å². The summed E-state index contributed by atoms with van der Waals surface area (Å²) in [5, 5.41) is 0. The molecule has 7 heteroatoms. The molecule has 0 spiro atoms. The molecule has 1 aliphatic rings. The summed E-state index contributed by atoms with van der Waals surface area (Å²) >= 11 is 0. The first-order valence-electron chi connectivity index (χ1n) is 7.92. The number of carbonyl (C=O) groups is 1. The van der Waals surface area contributed by atoms with E-state index in [0.29, 0.717) is 0 Å². The lowest BCUT2D eigenvalue weighted by Gasteiger charge is -2.18. The molecule has 1 N–H and O–H groups in total. The molecule has 0 saturated carbocycles. The third kappa shape index (κ3) is 3.72. The Morgan fingerprint density at radius 2 is 1.76 bits per heavy atom. The SMILES string of the molecule is Cc1ccc(N2CC(NS(=O)(=O)c3ccc(F)cc3)CC2=O)cc1C. The van der Waals surface area contributed by atoms with E-state index in [-0.39, 0.29) is 23.8 Å². The Balaban J connectivity index is 1.76. The van der Waals surface area contributed by atoms with Crippen molar-refractivity contribution in [2.75, 3.05) is 11.4 Å². The van der Waals surface area contributed by atoms with Crippen LogP contribution in [0.1, 0.15) is 17.5 Å². The summed E-state index contributed by atoms with van der Waals surface area (Å²) in [7, 11) is -3.80. The van der Waals surface area contributed by atoms with Gasteiger partial charge in [-0.25, -0.2) is 17.5 Å². The fourth-order valence-corrected chi connectivity index (χ4v) is 4.06. The lowest BCUT2D eigenvalue weighted by molar-refractivity contribution is -0.117. The first-order valence-corrected chi connectivity index (χ1v) is 9.40. The van der Waals surface area contributed by atoms with Crippen LogP contribution in [-0.2, 0) is 14.8 Å². The molecule has 0 aromatic heterocycles. The molecule has 2 aromatic carbocycles. The van der Waals surface area contributed by atoms with Crippen molar-refractivity contribution in [3.63, 3.8) is 0 Å². The standard InChI is InChI=1S/C18H19FN2O3S/c1-12-3-6-16(9-13(12)2)21-11-15(10-18(21)22)20-25(23,24)17-7-4-14(19)5-8-17/h3-9,15,20H,10-11H2,1-2H3. The van der Waals surface area contributed by atoms with Gasteiger partial charge in [0.05, 0.1) is 4.90 Å². The average Bonchev–Trinajstić information content (AvgIpc) is 2.90. The molecule has 2 aromatic rings. The van der Waals surface area contributed by atoms with Crippen LogP contribution in [0, 0.1) is 19.7 Å². The van der Waals surface area contributed by atoms with Gasteiger partial charge in [0, 0.05) is 24.7 Å². The van der Waals surface area contributed by atoms with Gasteiger partial charge in [-0.05, 0) is 61.4 Å². The number of hydrogen-bond acceptors (Lipinski definition) is 3. The van der Waals surface area contributed by atoms with E-state index >= 15 is 0 Å². The molecule has 0 aliphatic carbocycles. The number of hydrogen-bond donors (Lipinski definition) is 1. The third-order valence-electron chi connectivity index (χ3n) is 4.37. The zero-order valence-electron chi connectivity index (χ0n) is 14.0. The van der Waals surface area contributed by atoms with Crippen LogP contribution >= 0.6 is 0 Å². The molecule has 0 bridgehead atoms. The predicted octanol–water partition coefficient (Wildman–Crippen LogP) is 2.53. The molecule has 1 saturated heterocycles. The van der Waals surface area contributed by atoms with Gasteiger partial charge < -0.3 is 4.90 Å². The fourth-order valence-electron chi connectivity index (χ4n) is 2.83. The Hall–Kier alpha value is -2.25. The van der Waals surface area contributed by atoms with Gasteiger partial charge in [0.25, 0.3) is 0 Å². The van der Waals surface area contributed by atoms with E-state index in [9.17, 15) is 17.6 Å². The van der Waals surface area contributed by atoms with Gasteiger partial charge >= 0.3 is 0 Å². The normalized spacial score (nSPS) is 18.0. The van der Waals surface area contributed by atoms with E-state index in [4.69, 9.17) is 0 Å². The lowest BCUT2D eigenvalue weighted by Crippen LogP contribution is -2.37. The zero-order valence-corrected chi connectivity index (χ0v) is 14.8. The summed E-state index contributed by atoms with van der Waals surface area (Å²) in [5.74, 6) is -0.633. The van der Waals surface area contributed by atoms with Crippen molar-refractivity contribution < 1.29 is 17.6 Å². The van der Waals surface area contributed by atoms with Crippen molar-refractivity contribution in [3.05, 3.63) is 59.4 Å². The number of halogens is 1. The van der Waals surface area contributed by atoms with E-state index < -0.39 is 21.9 Å². The number of aryl methyl sites for hydroxylation is 2. The number of nitrogens with zero attached hydrogens (tertiary/aromatic N) is 1. The predicted molar refractivity (Wildman–Crippen MR) is 93.4 cm³/mol. The van der Waals surface area contributed by atoms with E-state index in [2.05, 4.69) is 4.72 Å². The Morgan fingerprint density at radius 3 is 2.40 bits per heavy atom. The third-order valence-corrected chi connectivity index (χ3v) is 5.91. The molecule has 1 amide bonds. The lowest BCUT2D eigenvalue weighted by atomic mass is 10.1. The number of sulfonamides is 1. The molecule has 132 valence electrons. The largest absolute Gasteiger partial charge is 0.311 e. The highest BCUT2D eigenvalue weighted by Gasteiger charge is 2.33. The molecular weight excluding hydrogens is 343 g/mol. The Labute approximate surface area is 146 Å².